The Balaban J connectivity index is 1.99. The predicted molar refractivity (Wildman–Crippen MR) is 68.9 cm³/mol. The van der Waals surface area contributed by atoms with Crippen LogP contribution in [-0.2, 0) is 0 Å². The number of rotatable bonds is 5. The maximum Gasteiger partial charge on any atom is 0.255 e. The summed E-state index contributed by atoms with van der Waals surface area (Å²) in [6, 6.07) is 4.91. The van der Waals surface area contributed by atoms with E-state index in [1.165, 1.54) is 20.0 Å². The van der Waals surface area contributed by atoms with E-state index in [1.54, 1.807) is 18.2 Å². The second kappa shape index (κ2) is 5.29. The van der Waals surface area contributed by atoms with Gasteiger partial charge in [-0.25, -0.2) is 0 Å². The first kappa shape index (κ1) is 12.7. The minimum atomic E-state index is -0.251. The number of phenolic OH excluding ortho intramolecular Hbond substituents is 1. The van der Waals surface area contributed by atoms with Gasteiger partial charge in [-0.1, -0.05) is 13.0 Å². The Bertz CT molecular complexity index is 441. The highest BCUT2D eigenvalue weighted by atomic mass is 16.5. The first-order valence-corrected chi connectivity index (χ1v) is 6.27. The maximum atomic E-state index is 12.0. The van der Waals surface area contributed by atoms with Gasteiger partial charge in [-0.05, 0) is 36.8 Å². The fourth-order valence-corrected chi connectivity index (χ4v) is 2.05. The van der Waals surface area contributed by atoms with Crippen LogP contribution in [0.25, 0.3) is 0 Å². The fourth-order valence-electron chi connectivity index (χ4n) is 2.05. The van der Waals surface area contributed by atoms with E-state index in [2.05, 4.69) is 12.2 Å². The molecule has 2 rings (SSSR count). The van der Waals surface area contributed by atoms with E-state index in [4.69, 9.17) is 4.74 Å². The van der Waals surface area contributed by atoms with Crippen molar-refractivity contribution >= 4 is 5.91 Å². The highest BCUT2D eigenvalue weighted by Crippen LogP contribution is 2.36. The minimum absolute atomic E-state index is 0.100. The topological polar surface area (TPSA) is 58.6 Å². The zero-order valence-corrected chi connectivity index (χ0v) is 10.8. The van der Waals surface area contributed by atoms with Crippen LogP contribution in [0.4, 0.5) is 0 Å². The first-order valence-electron chi connectivity index (χ1n) is 6.27. The number of methoxy groups -OCH3 is 1. The third kappa shape index (κ3) is 2.75. The molecule has 1 fully saturated rings. The van der Waals surface area contributed by atoms with Crippen molar-refractivity contribution in [2.75, 3.05) is 13.7 Å². The molecule has 0 heterocycles. The van der Waals surface area contributed by atoms with Crippen LogP contribution in [0.2, 0.25) is 0 Å². The van der Waals surface area contributed by atoms with Gasteiger partial charge in [0.2, 0.25) is 0 Å². The fraction of sp³-hybridized carbons (Fsp3) is 0.500. The lowest BCUT2D eigenvalue weighted by Crippen LogP contribution is -2.29. The van der Waals surface area contributed by atoms with Gasteiger partial charge < -0.3 is 15.2 Å². The Kier molecular flexibility index (Phi) is 3.75. The van der Waals surface area contributed by atoms with Crippen molar-refractivity contribution in [2.45, 2.75) is 19.8 Å². The van der Waals surface area contributed by atoms with E-state index in [1.807, 2.05) is 0 Å². The molecule has 4 nitrogen and oxygen atoms in total. The van der Waals surface area contributed by atoms with Crippen molar-refractivity contribution in [1.29, 1.82) is 0 Å². The summed E-state index contributed by atoms with van der Waals surface area (Å²) >= 11 is 0. The minimum Gasteiger partial charge on any atom is -0.504 e. The van der Waals surface area contributed by atoms with Crippen molar-refractivity contribution < 1.29 is 14.6 Å². The SMILES string of the molecule is COc1cccc(C(=O)NCC(C)C2CC2)c1O. The quantitative estimate of drug-likeness (QED) is 0.841. The van der Waals surface area contributed by atoms with Gasteiger partial charge in [0, 0.05) is 6.54 Å². The second-order valence-corrected chi connectivity index (χ2v) is 4.88. The number of ether oxygens (including phenoxy) is 1. The van der Waals surface area contributed by atoms with Gasteiger partial charge >= 0.3 is 0 Å². The Morgan fingerprint density at radius 1 is 1.56 bits per heavy atom. The van der Waals surface area contributed by atoms with Gasteiger partial charge in [0.1, 0.15) is 0 Å². The molecular formula is C14H19NO3. The molecule has 0 aliphatic heterocycles. The summed E-state index contributed by atoms with van der Waals surface area (Å²) in [7, 11) is 1.46. The van der Waals surface area contributed by atoms with Crippen molar-refractivity contribution in [3.63, 3.8) is 0 Å². The number of hydrogen-bond donors (Lipinski definition) is 2. The van der Waals surface area contributed by atoms with Crippen molar-refractivity contribution in [3.8, 4) is 11.5 Å². The van der Waals surface area contributed by atoms with E-state index in [0.29, 0.717) is 18.2 Å². The summed E-state index contributed by atoms with van der Waals surface area (Å²) in [4.78, 5) is 12.0. The van der Waals surface area contributed by atoms with E-state index < -0.39 is 0 Å². The number of phenols is 1. The highest BCUT2D eigenvalue weighted by Gasteiger charge is 2.28. The number of nitrogens with one attached hydrogen (secondary N) is 1. The van der Waals surface area contributed by atoms with Gasteiger partial charge in [0.05, 0.1) is 12.7 Å². The second-order valence-electron chi connectivity index (χ2n) is 4.88. The number of hydrogen-bond acceptors (Lipinski definition) is 3. The number of carbonyl (C=O) groups excluding carboxylic acids is 1. The molecular weight excluding hydrogens is 230 g/mol. The molecule has 1 amide bonds. The number of para-hydroxylation sites is 1. The Hall–Kier alpha value is -1.71. The third-order valence-corrected chi connectivity index (χ3v) is 3.47. The predicted octanol–water partition coefficient (Wildman–Crippen LogP) is 2.18. The molecule has 0 bridgehead atoms. The van der Waals surface area contributed by atoms with Gasteiger partial charge in [-0.2, -0.15) is 0 Å². The normalized spacial score (nSPS) is 16.1. The van der Waals surface area contributed by atoms with Crippen LogP contribution < -0.4 is 10.1 Å². The molecule has 1 aliphatic rings. The zero-order valence-electron chi connectivity index (χ0n) is 10.8. The van der Waals surface area contributed by atoms with E-state index >= 15 is 0 Å². The van der Waals surface area contributed by atoms with E-state index in [0.717, 1.165) is 5.92 Å². The molecule has 0 saturated heterocycles. The van der Waals surface area contributed by atoms with Crippen molar-refractivity contribution in [2.24, 2.45) is 11.8 Å². The van der Waals surface area contributed by atoms with E-state index in [-0.39, 0.29) is 17.2 Å². The van der Waals surface area contributed by atoms with Crippen LogP contribution in [0, 0.1) is 11.8 Å². The van der Waals surface area contributed by atoms with Crippen LogP contribution in [0.5, 0.6) is 11.5 Å². The number of carbonyl (C=O) groups is 1. The molecule has 1 atom stereocenters. The summed E-state index contributed by atoms with van der Waals surface area (Å²) in [5.41, 5.74) is 0.261. The summed E-state index contributed by atoms with van der Waals surface area (Å²) in [6.45, 7) is 2.80. The molecule has 2 N–H and O–H groups in total. The number of aromatic hydroxyl groups is 1. The standard InChI is InChI=1S/C14H19NO3/c1-9(10-6-7-10)8-15-14(17)11-4-3-5-12(18-2)13(11)16/h3-5,9-10,16H,6-8H2,1-2H3,(H,15,17). The summed E-state index contributed by atoms with van der Waals surface area (Å²) in [5, 5.41) is 12.7. The van der Waals surface area contributed by atoms with Crippen molar-refractivity contribution in [3.05, 3.63) is 23.8 Å². The monoisotopic (exact) mass is 249 g/mol. The molecule has 1 aliphatic carbocycles. The van der Waals surface area contributed by atoms with E-state index in [9.17, 15) is 9.90 Å². The Labute approximate surface area is 107 Å². The molecule has 4 heteroatoms. The van der Waals surface area contributed by atoms with Crippen LogP contribution in [0.15, 0.2) is 18.2 Å². The molecule has 0 radical (unpaired) electrons. The molecule has 0 spiro atoms. The molecule has 1 aromatic rings. The highest BCUT2D eigenvalue weighted by molar-refractivity contribution is 5.97. The van der Waals surface area contributed by atoms with Gasteiger partial charge in [0.15, 0.2) is 11.5 Å². The maximum absolute atomic E-state index is 12.0. The smallest absolute Gasteiger partial charge is 0.255 e. The van der Waals surface area contributed by atoms with Crippen LogP contribution in [-0.4, -0.2) is 24.7 Å². The van der Waals surface area contributed by atoms with Gasteiger partial charge in [-0.15, -0.1) is 0 Å². The Morgan fingerprint density at radius 3 is 2.89 bits per heavy atom. The van der Waals surface area contributed by atoms with Gasteiger partial charge in [-0.3, -0.25) is 4.79 Å². The summed E-state index contributed by atoms with van der Waals surface area (Å²) in [5.74, 6) is 1.22. The Morgan fingerprint density at radius 2 is 2.28 bits per heavy atom. The molecule has 0 aromatic heterocycles. The average molecular weight is 249 g/mol. The van der Waals surface area contributed by atoms with Gasteiger partial charge in [0.25, 0.3) is 5.91 Å². The summed E-state index contributed by atoms with van der Waals surface area (Å²) < 4.78 is 4.98. The lowest BCUT2D eigenvalue weighted by molar-refractivity contribution is 0.0943. The zero-order chi connectivity index (χ0) is 13.1. The number of amides is 1. The van der Waals surface area contributed by atoms with Crippen LogP contribution >= 0.6 is 0 Å². The van der Waals surface area contributed by atoms with Crippen LogP contribution in [0.1, 0.15) is 30.1 Å². The average Bonchev–Trinajstić information content (AvgIpc) is 3.20. The number of benzene rings is 1. The molecule has 18 heavy (non-hydrogen) atoms. The van der Waals surface area contributed by atoms with Crippen molar-refractivity contribution in [1.82, 2.24) is 5.32 Å². The third-order valence-electron chi connectivity index (χ3n) is 3.47. The first-order chi connectivity index (χ1) is 8.63. The van der Waals surface area contributed by atoms with Crippen LogP contribution in [0.3, 0.4) is 0 Å². The molecule has 1 unspecified atom stereocenters. The molecule has 98 valence electrons. The largest absolute Gasteiger partial charge is 0.504 e. The lowest BCUT2D eigenvalue weighted by Gasteiger charge is -2.13. The molecule has 1 aromatic carbocycles. The lowest BCUT2D eigenvalue weighted by atomic mass is 10.1. The summed E-state index contributed by atoms with van der Waals surface area (Å²) in [6.07, 6.45) is 2.53. The molecule has 1 saturated carbocycles.